The molecule has 5 heteroatoms. The highest BCUT2D eigenvalue weighted by molar-refractivity contribution is 6.08. The van der Waals surface area contributed by atoms with Gasteiger partial charge in [-0.3, -0.25) is 4.79 Å². The third-order valence-corrected chi connectivity index (χ3v) is 5.06. The zero-order chi connectivity index (χ0) is 18.1. The molecule has 3 aromatic rings. The van der Waals surface area contributed by atoms with E-state index in [4.69, 9.17) is 14.9 Å². The maximum Gasteiger partial charge on any atom is 0.290 e. The summed E-state index contributed by atoms with van der Waals surface area (Å²) in [5, 5.41) is 0.912. The van der Waals surface area contributed by atoms with E-state index in [1.165, 1.54) is 0 Å². The summed E-state index contributed by atoms with van der Waals surface area (Å²) in [6.45, 7) is 2.01. The van der Waals surface area contributed by atoms with E-state index in [9.17, 15) is 4.79 Å². The topological polar surface area (TPSA) is 68.7 Å². The fraction of sp³-hybridized carbons (Fsp3) is 0.286. The van der Waals surface area contributed by atoms with Crippen molar-refractivity contribution in [3.05, 3.63) is 54.3 Å². The lowest BCUT2D eigenvalue weighted by Crippen LogP contribution is -2.29. The Morgan fingerprint density at radius 3 is 2.77 bits per heavy atom. The van der Waals surface area contributed by atoms with Gasteiger partial charge in [-0.25, -0.2) is 0 Å². The Labute approximate surface area is 152 Å². The van der Waals surface area contributed by atoms with Crippen molar-refractivity contribution >= 4 is 16.9 Å². The molecule has 0 spiro atoms. The van der Waals surface area contributed by atoms with Gasteiger partial charge in [-0.15, -0.1) is 0 Å². The van der Waals surface area contributed by atoms with Gasteiger partial charge in [0.2, 0.25) is 5.76 Å². The fourth-order valence-electron chi connectivity index (χ4n) is 3.60. The lowest BCUT2D eigenvalue weighted by atomic mass is 10.0. The molecule has 0 saturated carbocycles. The highest BCUT2D eigenvalue weighted by Crippen LogP contribution is 2.37. The van der Waals surface area contributed by atoms with E-state index in [1.54, 1.807) is 7.11 Å². The Bertz CT molecular complexity index is 933. The maximum absolute atomic E-state index is 13.2. The van der Waals surface area contributed by atoms with Crippen LogP contribution in [0.2, 0.25) is 0 Å². The minimum Gasteiger partial charge on any atom is -0.497 e. The van der Waals surface area contributed by atoms with Crippen molar-refractivity contribution in [2.75, 3.05) is 26.7 Å². The molecule has 134 valence electrons. The molecule has 1 aliphatic rings. The van der Waals surface area contributed by atoms with Gasteiger partial charge in [0.05, 0.1) is 7.11 Å². The Morgan fingerprint density at radius 2 is 2.08 bits per heavy atom. The highest BCUT2D eigenvalue weighted by Gasteiger charge is 2.31. The third kappa shape index (κ3) is 2.84. The number of carbonyl (C=O) groups excluding carboxylic acids is 1. The first-order valence-electron chi connectivity index (χ1n) is 8.86. The number of fused-ring (bicyclic) bond motifs is 1. The van der Waals surface area contributed by atoms with Gasteiger partial charge in [-0.05, 0) is 36.6 Å². The van der Waals surface area contributed by atoms with Gasteiger partial charge in [-0.1, -0.05) is 30.3 Å². The molecular weight excluding hydrogens is 328 g/mol. The molecule has 0 aliphatic carbocycles. The van der Waals surface area contributed by atoms with Crippen molar-refractivity contribution < 1.29 is 13.9 Å². The Balaban J connectivity index is 1.84. The predicted octanol–water partition coefficient (Wildman–Crippen LogP) is 3.53. The van der Waals surface area contributed by atoms with Crippen molar-refractivity contribution in [2.45, 2.75) is 6.42 Å². The largest absolute Gasteiger partial charge is 0.497 e. The monoisotopic (exact) mass is 350 g/mol. The summed E-state index contributed by atoms with van der Waals surface area (Å²) in [6, 6.07) is 15.5. The number of furan rings is 1. The molecule has 1 atom stereocenters. The second-order valence-corrected chi connectivity index (χ2v) is 6.68. The average molecular weight is 350 g/mol. The van der Waals surface area contributed by atoms with Crippen molar-refractivity contribution in [1.82, 2.24) is 4.90 Å². The molecule has 1 fully saturated rings. The molecule has 26 heavy (non-hydrogen) atoms. The van der Waals surface area contributed by atoms with Gasteiger partial charge in [0.25, 0.3) is 5.91 Å². The molecule has 2 aromatic carbocycles. The van der Waals surface area contributed by atoms with E-state index in [0.717, 1.165) is 29.5 Å². The molecule has 0 unspecified atom stereocenters. The summed E-state index contributed by atoms with van der Waals surface area (Å²) in [5.41, 5.74) is 8.23. The van der Waals surface area contributed by atoms with Crippen LogP contribution in [0.4, 0.5) is 0 Å². The summed E-state index contributed by atoms with van der Waals surface area (Å²) < 4.78 is 11.3. The molecule has 1 aliphatic heterocycles. The van der Waals surface area contributed by atoms with Gasteiger partial charge >= 0.3 is 0 Å². The SMILES string of the molecule is COc1ccc2c(-c3ccccc3)c(C(=O)N3CC[C@H](CN)C3)oc2c1. The van der Waals surface area contributed by atoms with Crippen molar-refractivity contribution in [1.29, 1.82) is 0 Å². The Kier molecular flexibility index (Phi) is 4.39. The summed E-state index contributed by atoms with van der Waals surface area (Å²) >= 11 is 0. The lowest BCUT2D eigenvalue weighted by Gasteiger charge is -2.15. The number of hydrogen-bond donors (Lipinski definition) is 1. The first kappa shape index (κ1) is 16.7. The number of carbonyl (C=O) groups is 1. The number of nitrogens with two attached hydrogens (primary N) is 1. The molecular formula is C21H22N2O3. The van der Waals surface area contributed by atoms with Crippen LogP contribution in [-0.4, -0.2) is 37.6 Å². The number of ether oxygens (including phenoxy) is 1. The van der Waals surface area contributed by atoms with Crippen LogP contribution in [0.25, 0.3) is 22.1 Å². The van der Waals surface area contributed by atoms with E-state index < -0.39 is 0 Å². The van der Waals surface area contributed by atoms with Crippen LogP contribution in [-0.2, 0) is 0 Å². The number of likely N-dealkylation sites (tertiary alicyclic amines) is 1. The van der Waals surface area contributed by atoms with Crippen molar-refractivity contribution in [3.63, 3.8) is 0 Å². The number of nitrogens with zero attached hydrogens (tertiary/aromatic N) is 1. The van der Waals surface area contributed by atoms with Gasteiger partial charge in [-0.2, -0.15) is 0 Å². The second-order valence-electron chi connectivity index (χ2n) is 6.68. The van der Waals surface area contributed by atoms with Gasteiger partial charge in [0.15, 0.2) is 0 Å². The van der Waals surface area contributed by atoms with Crippen LogP contribution in [0.1, 0.15) is 17.0 Å². The summed E-state index contributed by atoms with van der Waals surface area (Å²) in [7, 11) is 1.62. The van der Waals surface area contributed by atoms with Gasteiger partial charge in [0.1, 0.15) is 11.3 Å². The van der Waals surface area contributed by atoms with E-state index in [1.807, 2.05) is 53.4 Å². The van der Waals surface area contributed by atoms with Crippen molar-refractivity contribution in [2.24, 2.45) is 11.7 Å². The number of amides is 1. The van der Waals surface area contributed by atoms with E-state index in [2.05, 4.69) is 0 Å². The normalized spacial score (nSPS) is 17.0. The molecule has 1 amide bonds. The summed E-state index contributed by atoms with van der Waals surface area (Å²) in [4.78, 5) is 15.0. The van der Waals surface area contributed by atoms with Crippen LogP contribution in [0.15, 0.2) is 52.9 Å². The first-order chi connectivity index (χ1) is 12.7. The molecule has 1 aromatic heterocycles. The van der Waals surface area contributed by atoms with E-state index in [-0.39, 0.29) is 5.91 Å². The minimum absolute atomic E-state index is 0.0741. The van der Waals surface area contributed by atoms with Crippen LogP contribution >= 0.6 is 0 Å². The standard InChI is InChI=1S/C21H22N2O3/c1-25-16-7-8-17-18(11-16)26-20(19(17)15-5-3-2-4-6-15)21(24)23-10-9-14(12-22)13-23/h2-8,11,14H,9-10,12-13,22H2,1H3/t14-/m1/s1. The van der Waals surface area contributed by atoms with Crippen LogP contribution in [0, 0.1) is 5.92 Å². The third-order valence-electron chi connectivity index (χ3n) is 5.06. The maximum atomic E-state index is 13.2. The number of hydrogen-bond acceptors (Lipinski definition) is 4. The smallest absolute Gasteiger partial charge is 0.290 e. The fourth-order valence-corrected chi connectivity index (χ4v) is 3.60. The molecule has 4 rings (SSSR count). The molecule has 2 heterocycles. The highest BCUT2D eigenvalue weighted by atomic mass is 16.5. The molecule has 0 radical (unpaired) electrons. The van der Waals surface area contributed by atoms with Crippen LogP contribution in [0.5, 0.6) is 5.75 Å². The quantitative estimate of drug-likeness (QED) is 0.781. The zero-order valence-electron chi connectivity index (χ0n) is 14.8. The average Bonchev–Trinajstić information content (AvgIpc) is 3.32. The van der Waals surface area contributed by atoms with E-state index in [0.29, 0.717) is 36.1 Å². The Morgan fingerprint density at radius 1 is 1.27 bits per heavy atom. The second kappa shape index (κ2) is 6.84. The van der Waals surface area contributed by atoms with Crippen molar-refractivity contribution in [3.8, 4) is 16.9 Å². The predicted molar refractivity (Wildman–Crippen MR) is 101 cm³/mol. The molecule has 1 saturated heterocycles. The first-order valence-corrected chi connectivity index (χ1v) is 8.86. The van der Waals surface area contributed by atoms with E-state index >= 15 is 0 Å². The van der Waals surface area contributed by atoms with Crippen LogP contribution < -0.4 is 10.5 Å². The zero-order valence-corrected chi connectivity index (χ0v) is 14.8. The summed E-state index contributed by atoms with van der Waals surface area (Å²) in [5.74, 6) is 1.38. The van der Waals surface area contributed by atoms with Crippen LogP contribution in [0.3, 0.4) is 0 Å². The molecule has 2 N–H and O–H groups in total. The minimum atomic E-state index is -0.0741. The number of methoxy groups -OCH3 is 1. The summed E-state index contributed by atoms with van der Waals surface area (Å²) in [6.07, 6.45) is 0.941. The number of benzene rings is 2. The molecule has 0 bridgehead atoms. The number of rotatable bonds is 4. The molecule has 5 nitrogen and oxygen atoms in total. The Hall–Kier alpha value is -2.79. The lowest BCUT2D eigenvalue weighted by molar-refractivity contribution is 0.0759. The van der Waals surface area contributed by atoms with Gasteiger partial charge < -0.3 is 19.8 Å². The van der Waals surface area contributed by atoms with Gasteiger partial charge in [0, 0.05) is 30.1 Å².